The number of ether oxygens (including phenoxy) is 1. The molecule has 0 fully saturated rings. The minimum absolute atomic E-state index is 0.803. The van der Waals surface area contributed by atoms with Crippen molar-refractivity contribution < 1.29 is 4.74 Å². The summed E-state index contributed by atoms with van der Waals surface area (Å²) in [4.78, 5) is 4.53. The highest BCUT2D eigenvalue weighted by Crippen LogP contribution is 2.25. The number of fused-ring (bicyclic) bond motifs is 1. The third-order valence-corrected chi connectivity index (χ3v) is 3.31. The lowest BCUT2D eigenvalue weighted by Crippen LogP contribution is -1.99. The minimum Gasteiger partial charge on any atom is -0.493 e. The Morgan fingerprint density at radius 3 is 2.68 bits per heavy atom. The van der Waals surface area contributed by atoms with Gasteiger partial charge in [0.15, 0.2) is 0 Å². The SMILES string of the molecule is CCCCCCCOc1cc(C)nc2ccccc12. The number of rotatable bonds is 7. The largest absolute Gasteiger partial charge is 0.493 e. The second-order valence-corrected chi connectivity index (χ2v) is 5.04. The highest BCUT2D eigenvalue weighted by molar-refractivity contribution is 5.85. The number of aryl methyl sites for hydroxylation is 1. The summed E-state index contributed by atoms with van der Waals surface area (Å²) >= 11 is 0. The van der Waals surface area contributed by atoms with Gasteiger partial charge in [0, 0.05) is 17.1 Å². The second-order valence-electron chi connectivity index (χ2n) is 5.04. The third kappa shape index (κ3) is 3.95. The van der Waals surface area contributed by atoms with Crippen LogP contribution < -0.4 is 4.74 Å². The predicted octanol–water partition coefficient (Wildman–Crippen LogP) is 4.89. The van der Waals surface area contributed by atoms with Crippen LogP contribution in [-0.2, 0) is 0 Å². The number of aromatic nitrogens is 1. The van der Waals surface area contributed by atoms with E-state index < -0.39 is 0 Å². The molecule has 2 rings (SSSR count). The number of pyridine rings is 1. The molecule has 1 aromatic carbocycles. The van der Waals surface area contributed by atoms with Crippen LogP contribution in [-0.4, -0.2) is 11.6 Å². The molecule has 19 heavy (non-hydrogen) atoms. The van der Waals surface area contributed by atoms with Gasteiger partial charge in [-0.25, -0.2) is 0 Å². The van der Waals surface area contributed by atoms with Gasteiger partial charge in [-0.2, -0.15) is 0 Å². The molecule has 0 aliphatic carbocycles. The first-order valence-corrected chi connectivity index (χ1v) is 7.30. The van der Waals surface area contributed by atoms with Crippen molar-refractivity contribution in [2.45, 2.75) is 46.0 Å². The van der Waals surface area contributed by atoms with Crippen LogP contribution in [0.5, 0.6) is 5.75 Å². The van der Waals surface area contributed by atoms with Crippen LogP contribution in [0, 0.1) is 6.92 Å². The van der Waals surface area contributed by atoms with E-state index in [1.165, 1.54) is 25.7 Å². The van der Waals surface area contributed by atoms with Crippen molar-refractivity contribution in [3.63, 3.8) is 0 Å². The van der Waals surface area contributed by atoms with E-state index in [0.717, 1.165) is 35.4 Å². The fraction of sp³-hybridized carbons (Fsp3) is 0.471. The minimum atomic E-state index is 0.803. The highest BCUT2D eigenvalue weighted by Gasteiger charge is 2.04. The van der Waals surface area contributed by atoms with Crippen molar-refractivity contribution in [3.05, 3.63) is 36.0 Å². The molecule has 2 heteroatoms. The molecule has 0 spiro atoms. The molecule has 2 aromatic rings. The average molecular weight is 257 g/mol. The summed E-state index contributed by atoms with van der Waals surface area (Å²) in [6.45, 7) is 5.06. The van der Waals surface area contributed by atoms with Crippen molar-refractivity contribution >= 4 is 10.9 Å². The zero-order chi connectivity index (χ0) is 13.5. The van der Waals surface area contributed by atoms with Gasteiger partial charge in [0.25, 0.3) is 0 Å². The first kappa shape index (κ1) is 13.9. The van der Waals surface area contributed by atoms with E-state index in [1.54, 1.807) is 0 Å². The van der Waals surface area contributed by atoms with Gasteiger partial charge in [-0.3, -0.25) is 4.98 Å². The summed E-state index contributed by atoms with van der Waals surface area (Å²) < 4.78 is 5.94. The lowest BCUT2D eigenvalue weighted by atomic mass is 10.1. The molecule has 0 unspecified atom stereocenters. The van der Waals surface area contributed by atoms with Gasteiger partial charge in [-0.1, -0.05) is 44.7 Å². The Hall–Kier alpha value is -1.57. The second kappa shape index (κ2) is 7.13. The van der Waals surface area contributed by atoms with Crippen molar-refractivity contribution in [1.29, 1.82) is 0 Å². The number of hydrogen-bond acceptors (Lipinski definition) is 2. The van der Waals surface area contributed by atoms with Crippen molar-refractivity contribution in [3.8, 4) is 5.75 Å². The molecular weight excluding hydrogens is 234 g/mol. The molecule has 102 valence electrons. The van der Waals surface area contributed by atoms with Gasteiger partial charge in [-0.15, -0.1) is 0 Å². The molecule has 0 saturated heterocycles. The van der Waals surface area contributed by atoms with Gasteiger partial charge in [0.2, 0.25) is 0 Å². The van der Waals surface area contributed by atoms with Crippen LogP contribution in [0.3, 0.4) is 0 Å². The number of hydrogen-bond donors (Lipinski definition) is 0. The van der Waals surface area contributed by atoms with Crippen molar-refractivity contribution in [2.24, 2.45) is 0 Å². The summed E-state index contributed by atoms with van der Waals surface area (Å²) in [6.07, 6.45) is 6.33. The van der Waals surface area contributed by atoms with Gasteiger partial charge in [-0.05, 0) is 25.5 Å². The third-order valence-electron chi connectivity index (χ3n) is 3.31. The first-order valence-electron chi connectivity index (χ1n) is 7.30. The average Bonchev–Trinajstić information content (AvgIpc) is 2.42. The highest BCUT2D eigenvalue weighted by atomic mass is 16.5. The van der Waals surface area contributed by atoms with Crippen LogP contribution >= 0.6 is 0 Å². The maximum atomic E-state index is 5.94. The Morgan fingerprint density at radius 1 is 1.05 bits per heavy atom. The molecule has 0 bridgehead atoms. The van der Waals surface area contributed by atoms with Crippen LogP contribution in [0.4, 0.5) is 0 Å². The standard InChI is InChI=1S/C17H23NO/c1-3-4-5-6-9-12-19-17-13-14(2)18-16-11-8-7-10-15(16)17/h7-8,10-11,13H,3-6,9,12H2,1-2H3. The van der Waals surface area contributed by atoms with E-state index in [9.17, 15) is 0 Å². The Morgan fingerprint density at radius 2 is 1.84 bits per heavy atom. The Labute approximate surface area is 115 Å². The van der Waals surface area contributed by atoms with Gasteiger partial charge in [0.05, 0.1) is 12.1 Å². The van der Waals surface area contributed by atoms with Gasteiger partial charge >= 0.3 is 0 Å². The molecule has 0 saturated carbocycles. The maximum absolute atomic E-state index is 5.94. The Balaban J connectivity index is 1.96. The quantitative estimate of drug-likeness (QED) is 0.659. The summed E-state index contributed by atoms with van der Waals surface area (Å²) in [5.41, 5.74) is 2.03. The summed E-state index contributed by atoms with van der Waals surface area (Å²) in [6, 6.07) is 10.2. The molecular formula is C17H23NO. The topological polar surface area (TPSA) is 22.1 Å². The lowest BCUT2D eigenvalue weighted by molar-refractivity contribution is 0.307. The van der Waals surface area contributed by atoms with Crippen LogP contribution in [0.2, 0.25) is 0 Å². The number of benzene rings is 1. The first-order chi connectivity index (χ1) is 9.31. The van der Waals surface area contributed by atoms with E-state index in [2.05, 4.69) is 18.0 Å². The number of nitrogens with zero attached hydrogens (tertiary/aromatic N) is 1. The van der Waals surface area contributed by atoms with E-state index >= 15 is 0 Å². The van der Waals surface area contributed by atoms with E-state index in [0.29, 0.717) is 0 Å². The predicted molar refractivity (Wildman–Crippen MR) is 80.7 cm³/mol. The van der Waals surface area contributed by atoms with E-state index in [-0.39, 0.29) is 0 Å². The fourth-order valence-corrected chi connectivity index (χ4v) is 2.28. The lowest BCUT2D eigenvalue weighted by Gasteiger charge is -2.10. The number of unbranched alkanes of at least 4 members (excludes halogenated alkanes) is 4. The summed E-state index contributed by atoms with van der Waals surface area (Å²) in [5.74, 6) is 0.971. The van der Waals surface area contributed by atoms with E-state index in [4.69, 9.17) is 4.74 Å². The Bertz CT molecular complexity index is 522. The smallest absolute Gasteiger partial charge is 0.130 e. The van der Waals surface area contributed by atoms with Crippen LogP contribution in [0.1, 0.15) is 44.7 Å². The molecule has 0 radical (unpaired) electrons. The molecule has 0 N–H and O–H groups in total. The van der Waals surface area contributed by atoms with Gasteiger partial charge < -0.3 is 4.74 Å². The van der Waals surface area contributed by atoms with Crippen LogP contribution in [0.25, 0.3) is 10.9 Å². The summed E-state index contributed by atoms with van der Waals surface area (Å²) in [7, 11) is 0. The van der Waals surface area contributed by atoms with Crippen molar-refractivity contribution in [1.82, 2.24) is 4.98 Å². The zero-order valence-electron chi connectivity index (χ0n) is 12.0. The molecule has 0 amide bonds. The number of para-hydroxylation sites is 1. The molecule has 2 nitrogen and oxygen atoms in total. The zero-order valence-corrected chi connectivity index (χ0v) is 12.0. The molecule has 0 aliphatic heterocycles. The maximum Gasteiger partial charge on any atom is 0.130 e. The van der Waals surface area contributed by atoms with E-state index in [1.807, 2.05) is 31.2 Å². The summed E-state index contributed by atoms with van der Waals surface area (Å²) in [5, 5.41) is 1.11. The van der Waals surface area contributed by atoms with Gasteiger partial charge in [0.1, 0.15) is 5.75 Å². The molecule has 0 atom stereocenters. The Kier molecular flexibility index (Phi) is 5.20. The normalized spacial score (nSPS) is 10.8. The fourth-order valence-electron chi connectivity index (χ4n) is 2.28. The monoisotopic (exact) mass is 257 g/mol. The van der Waals surface area contributed by atoms with Crippen LogP contribution in [0.15, 0.2) is 30.3 Å². The molecule has 1 aromatic heterocycles. The molecule has 1 heterocycles. The van der Waals surface area contributed by atoms with Crippen molar-refractivity contribution in [2.75, 3.05) is 6.61 Å². The molecule has 0 aliphatic rings.